The zero-order valence-corrected chi connectivity index (χ0v) is 15.0. The van der Waals surface area contributed by atoms with Crippen LogP contribution in [0.2, 0.25) is 0 Å². The van der Waals surface area contributed by atoms with E-state index in [1.165, 1.54) is 25.7 Å². The summed E-state index contributed by atoms with van der Waals surface area (Å²) in [4.78, 5) is 0. The fourth-order valence-corrected chi connectivity index (χ4v) is 2.03. The minimum absolute atomic E-state index is 0.978. The molecule has 0 aromatic carbocycles. The van der Waals surface area contributed by atoms with Crippen molar-refractivity contribution in [2.75, 3.05) is 0 Å². The van der Waals surface area contributed by atoms with E-state index in [1.807, 2.05) is 0 Å². The lowest BCUT2D eigenvalue weighted by molar-refractivity contribution is 0.760. The number of unbranched alkanes of at least 4 members (excludes halogenated alkanes) is 3. The molecule has 0 N–H and O–H groups in total. The number of rotatable bonds is 14. The van der Waals surface area contributed by atoms with Gasteiger partial charge in [0.25, 0.3) is 0 Å². The summed E-state index contributed by atoms with van der Waals surface area (Å²) in [5.41, 5.74) is 1.05. The van der Waals surface area contributed by atoms with Gasteiger partial charge in [0.15, 0.2) is 0 Å². The summed E-state index contributed by atoms with van der Waals surface area (Å²) in [6, 6.07) is 0. The first kappa shape index (κ1) is 20.8. The normalized spacial score (nSPS) is 12.2. The quantitative estimate of drug-likeness (QED) is 0.140. The third-order valence-corrected chi connectivity index (χ3v) is 3.57. The second-order valence-electron chi connectivity index (χ2n) is 5.36. The van der Waals surface area contributed by atoms with Gasteiger partial charge >= 0.3 is 0 Å². The van der Waals surface area contributed by atoms with Gasteiger partial charge in [0.2, 0.25) is 0 Å². The highest BCUT2D eigenvalue weighted by atomic mass is 32.1. The Hall–Kier alpha value is -1.21. The van der Waals surface area contributed by atoms with Gasteiger partial charge in [-0.05, 0) is 63.4 Å². The molecule has 0 rings (SSSR count). The van der Waals surface area contributed by atoms with E-state index in [1.54, 1.807) is 5.37 Å². The van der Waals surface area contributed by atoms with Crippen LogP contribution in [0.15, 0.2) is 60.8 Å². The van der Waals surface area contributed by atoms with E-state index in [0.717, 1.165) is 37.7 Å². The van der Waals surface area contributed by atoms with E-state index in [2.05, 4.69) is 62.1 Å². The highest BCUT2D eigenvalue weighted by Gasteiger charge is 1.85. The molecule has 0 amide bonds. The maximum absolute atomic E-state index is 4.82. The summed E-state index contributed by atoms with van der Waals surface area (Å²) in [6.07, 6.45) is 28.3. The molecule has 0 bridgehead atoms. The van der Waals surface area contributed by atoms with Crippen molar-refractivity contribution < 1.29 is 0 Å². The molecule has 0 spiro atoms. The van der Waals surface area contributed by atoms with E-state index < -0.39 is 0 Å². The summed E-state index contributed by atoms with van der Waals surface area (Å²) in [6.45, 7) is 6.03. The minimum atomic E-state index is 0.978. The van der Waals surface area contributed by atoms with Crippen LogP contribution in [0.25, 0.3) is 0 Å². The summed E-state index contributed by atoms with van der Waals surface area (Å²) in [7, 11) is 0. The molecule has 0 fully saturated rings. The Morgan fingerprint density at radius 1 is 0.773 bits per heavy atom. The summed E-state index contributed by atoms with van der Waals surface area (Å²) in [5, 5.41) is 1.67. The van der Waals surface area contributed by atoms with Crippen molar-refractivity contribution in [3.05, 3.63) is 60.8 Å². The fraction of sp³-hybridized carbons (Fsp3) is 0.476. The van der Waals surface area contributed by atoms with Crippen molar-refractivity contribution in [2.45, 2.75) is 64.7 Å². The van der Waals surface area contributed by atoms with Crippen LogP contribution in [-0.2, 0) is 0 Å². The maximum Gasteiger partial charge on any atom is 0.00398 e. The Morgan fingerprint density at radius 3 is 1.77 bits per heavy atom. The van der Waals surface area contributed by atoms with Crippen molar-refractivity contribution in [1.29, 1.82) is 0 Å². The van der Waals surface area contributed by atoms with Crippen LogP contribution in [0.3, 0.4) is 0 Å². The van der Waals surface area contributed by atoms with Crippen molar-refractivity contribution >= 4 is 17.6 Å². The topological polar surface area (TPSA) is 0 Å². The van der Waals surface area contributed by atoms with E-state index in [4.69, 9.17) is 12.2 Å². The van der Waals surface area contributed by atoms with Crippen LogP contribution in [0.5, 0.6) is 0 Å². The van der Waals surface area contributed by atoms with E-state index in [-0.39, 0.29) is 0 Å². The monoisotopic (exact) mass is 316 g/mol. The number of allylic oxidation sites excluding steroid dienone is 9. The van der Waals surface area contributed by atoms with Gasteiger partial charge in [-0.3, -0.25) is 0 Å². The summed E-state index contributed by atoms with van der Waals surface area (Å²) in [5.74, 6) is 0. The number of thiocarbonyl (C=S) groups is 1. The fourth-order valence-electron chi connectivity index (χ4n) is 1.91. The molecule has 1 heteroatoms. The molecule has 0 heterocycles. The van der Waals surface area contributed by atoms with Crippen molar-refractivity contribution in [2.24, 2.45) is 0 Å². The molecule has 0 saturated carbocycles. The van der Waals surface area contributed by atoms with Crippen LogP contribution in [0.1, 0.15) is 64.7 Å². The molecular formula is C21H32S. The lowest BCUT2D eigenvalue weighted by Crippen LogP contribution is -1.77. The molecule has 0 aromatic heterocycles. The second kappa shape index (κ2) is 17.8. The predicted molar refractivity (Wildman–Crippen MR) is 107 cm³/mol. The number of hydrogen-bond donors (Lipinski definition) is 0. The molecule has 0 aromatic rings. The van der Waals surface area contributed by atoms with Crippen molar-refractivity contribution in [1.82, 2.24) is 0 Å². The molecule has 0 aliphatic carbocycles. The van der Waals surface area contributed by atoms with Crippen LogP contribution < -0.4 is 0 Å². The van der Waals surface area contributed by atoms with Crippen LogP contribution in [0.4, 0.5) is 0 Å². The van der Waals surface area contributed by atoms with Gasteiger partial charge in [-0.1, -0.05) is 74.3 Å². The van der Waals surface area contributed by atoms with Gasteiger partial charge < -0.3 is 0 Å². The molecule has 0 atom stereocenters. The molecule has 0 aliphatic heterocycles. The lowest BCUT2D eigenvalue weighted by atomic mass is 10.1. The van der Waals surface area contributed by atoms with Gasteiger partial charge in [0.1, 0.15) is 0 Å². The van der Waals surface area contributed by atoms with Gasteiger partial charge in [0.05, 0.1) is 0 Å². The molecule has 0 nitrogen and oxygen atoms in total. The molecular weight excluding hydrogens is 284 g/mol. The highest BCUT2D eigenvalue weighted by molar-refractivity contribution is 7.79. The average Bonchev–Trinajstić information content (AvgIpc) is 2.54. The standard InChI is InChI=1S/C21H32S/c1-3-4-5-6-7-8-9-10-11-12-13-14-15-16-17-18-19-21(2)20-22/h4-5,7-8,13-14,16-17,20H,2-3,6,9-12,15,18-19H2,1H3/b5-4-,8-7-,14-13-,17-16-. The van der Waals surface area contributed by atoms with E-state index in [9.17, 15) is 0 Å². The van der Waals surface area contributed by atoms with Gasteiger partial charge in [-0.25, -0.2) is 0 Å². The maximum atomic E-state index is 4.82. The smallest absolute Gasteiger partial charge is 0.00398 e. The Labute approximate surface area is 143 Å². The van der Waals surface area contributed by atoms with Crippen molar-refractivity contribution in [3.8, 4) is 0 Å². The molecule has 0 aliphatic rings. The second-order valence-corrected chi connectivity index (χ2v) is 5.60. The number of hydrogen-bond acceptors (Lipinski definition) is 1. The third-order valence-electron chi connectivity index (χ3n) is 3.24. The molecule has 0 radical (unpaired) electrons. The molecule has 0 saturated heterocycles. The molecule has 122 valence electrons. The Morgan fingerprint density at radius 2 is 1.27 bits per heavy atom. The first-order valence-electron chi connectivity index (χ1n) is 8.54. The molecule has 0 unspecified atom stereocenters. The Balaban J connectivity index is 3.37. The minimum Gasteiger partial charge on any atom is -0.0950 e. The van der Waals surface area contributed by atoms with Gasteiger partial charge in [0, 0.05) is 5.37 Å². The third kappa shape index (κ3) is 16.8. The van der Waals surface area contributed by atoms with Gasteiger partial charge in [-0.2, -0.15) is 0 Å². The Bertz CT molecular complexity index is 383. The van der Waals surface area contributed by atoms with E-state index >= 15 is 0 Å². The van der Waals surface area contributed by atoms with Crippen LogP contribution >= 0.6 is 12.2 Å². The summed E-state index contributed by atoms with van der Waals surface area (Å²) >= 11 is 4.82. The first-order chi connectivity index (χ1) is 10.8. The SMILES string of the molecule is C=C(C=S)CC/C=C\C/C=C\CCCC/C=C\C/C=C\CC. The predicted octanol–water partition coefficient (Wildman–Crippen LogP) is 7.30. The average molecular weight is 317 g/mol. The zero-order valence-electron chi connectivity index (χ0n) is 14.2. The lowest BCUT2D eigenvalue weighted by Gasteiger charge is -1.93. The highest BCUT2D eigenvalue weighted by Crippen LogP contribution is 2.04. The van der Waals surface area contributed by atoms with Crippen molar-refractivity contribution in [3.63, 3.8) is 0 Å². The molecule has 22 heavy (non-hydrogen) atoms. The van der Waals surface area contributed by atoms with Gasteiger partial charge in [-0.15, -0.1) is 0 Å². The largest absolute Gasteiger partial charge is 0.0950 e. The van der Waals surface area contributed by atoms with E-state index in [0.29, 0.717) is 0 Å². The zero-order chi connectivity index (χ0) is 16.3. The Kier molecular flexibility index (Phi) is 16.9. The van der Waals surface area contributed by atoms with Crippen LogP contribution in [-0.4, -0.2) is 5.37 Å². The van der Waals surface area contributed by atoms with Crippen LogP contribution in [0, 0.1) is 0 Å². The summed E-state index contributed by atoms with van der Waals surface area (Å²) < 4.78 is 0. The first-order valence-corrected chi connectivity index (χ1v) is 9.01.